The summed E-state index contributed by atoms with van der Waals surface area (Å²) >= 11 is 0. The summed E-state index contributed by atoms with van der Waals surface area (Å²) in [6, 6.07) is 21.5. The molecule has 20 heavy (non-hydrogen) atoms. The van der Waals surface area contributed by atoms with Crippen molar-refractivity contribution in [2.75, 3.05) is 33.7 Å². The van der Waals surface area contributed by atoms with Crippen LogP contribution in [0.15, 0.2) is 60.7 Å². The van der Waals surface area contributed by atoms with Gasteiger partial charge < -0.3 is 10.2 Å². The van der Waals surface area contributed by atoms with E-state index in [4.69, 9.17) is 0 Å². The molecule has 0 aliphatic rings. The second-order valence-electron chi connectivity index (χ2n) is 5.38. The minimum absolute atomic E-state index is 0.416. The second kappa shape index (κ2) is 7.83. The van der Waals surface area contributed by atoms with Crippen molar-refractivity contribution in [3.63, 3.8) is 0 Å². The van der Waals surface area contributed by atoms with Crippen molar-refractivity contribution in [1.29, 1.82) is 0 Å². The lowest BCUT2D eigenvalue weighted by atomic mass is 9.91. The summed E-state index contributed by atoms with van der Waals surface area (Å²) in [6.45, 7) is 3.06. The zero-order valence-corrected chi connectivity index (χ0v) is 12.4. The average molecular weight is 268 g/mol. The maximum atomic E-state index is 3.57. The molecule has 2 nitrogen and oxygen atoms in total. The lowest BCUT2D eigenvalue weighted by Crippen LogP contribution is -2.30. The van der Waals surface area contributed by atoms with E-state index in [2.05, 4.69) is 85.0 Å². The number of rotatable bonds is 7. The molecule has 0 radical (unpaired) electrons. The molecule has 0 heterocycles. The summed E-state index contributed by atoms with van der Waals surface area (Å²) in [5.41, 5.74) is 2.74. The number of likely N-dealkylation sites (N-methyl/N-ethyl adjacent to an activating group) is 1. The standard InChI is InChI=1S/C18H24N2/c1-20(2)14-13-19-15-18(16-9-5-3-6-10-16)17-11-7-4-8-12-17/h3-12,18-19H,13-15H2,1-2H3. The Kier molecular flexibility index (Phi) is 5.78. The highest BCUT2D eigenvalue weighted by molar-refractivity contribution is 5.32. The van der Waals surface area contributed by atoms with Crippen molar-refractivity contribution in [2.45, 2.75) is 5.92 Å². The predicted molar refractivity (Wildman–Crippen MR) is 86.2 cm³/mol. The van der Waals surface area contributed by atoms with Crippen molar-refractivity contribution in [3.8, 4) is 0 Å². The van der Waals surface area contributed by atoms with Crippen molar-refractivity contribution in [2.24, 2.45) is 0 Å². The van der Waals surface area contributed by atoms with E-state index in [0.717, 1.165) is 19.6 Å². The molecule has 1 N–H and O–H groups in total. The fourth-order valence-electron chi connectivity index (χ4n) is 2.35. The van der Waals surface area contributed by atoms with Gasteiger partial charge in [-0.05, 0) is 25.2 Å². The number of benzene rings is 2. The van der Waals surface area contributed by atoms with Gasteiger partial charge in [-0.25, -0.2) is 0 Å². The quantitative estimate of drug-likeness (QED) is 0.777. The Balaban J connectivity index is 2.06. The fraction of sp³-hybridized carbons (Fsp3) is 0.333. The number of nitrogens with zero attached hydrogens (tertiary/aromatic N) is 1. The molecule has 0 amide bonds. The van der Waals surface area contributed by atoms with Crippen LogP contribution in [-0.4, -0.2) is 38.6 Å². The Morgan fingerprint density at radius 2 is 1.35 bits per heavy atom. The highest BCUT2D eigenvalue weighted by Gasteiger charge is 2.12. The van der Waals surface area contributed by atoms with Gasteiger partial charge in [0, 0.05) is 25.6 Å². The largest absolute Gasteiger partial charge is 0.315 e. The molecular formula is C18H24N2. The molecule has 2 aromatic rings. The van der Waals surface area contributed by atoms with Crippen LogP contribution < -0.4 is 5.32 Å². The SMILES string of the molecule is CN(C)CCNCC(c1ccccc1)c1ccccc1. The van der Waals surface area contributed by atoms with E-state index in [9.17, 15) is 0 Å². The van der Waals surface area contributed by atoms with E-state index < -0.39 is 0 Å². The van der Waals surface area contributed by atoms with E-state index >= 15 is 0 Å². The Hall–Kier alpha value is -1.64. The molecular weight excluding hydrogens is 244 g/mol. The van der Waals surface area contributed by atoms with Crippen molar-refractivity contribution >= 4 is 0 Å². The smallest absolute Gasteiger partial charge is 0.0214 e. The van der Waals surface area contributed by atoms with E-state index in [0.29, 0.717) is 5.92 Å². The van der Waals surface area contributed by atoms with E-state index in [-0.39, 0.29) is 0 Å². The molecule has 0 aromatic heterocycles. The van der Waals surface area contributed by atoms with Gasteiger partial charge in [0.25, 0.3) is 0 Å². The first-order valence-electron chi connectivity index (χ1n) is 7.22. The summed E-state index contributed by atoms with van der Waals surface area (Å²) in [5, 5.41) is 3.57. The molecule has 0 aliphatic heterocycles. The Bertz CT molecular complexity index is 440. The van der Waals surface area contributed by atoms with Gasteiger partial charge in [-0.3, -0.25) is 0 Å². The van der Waals surface area contributed by atoms with Gasteiger partial charge in [0.2, 0.25) is 0 Å². The van der Waals surface area contributed by atoms with Crippen LogP contribution in [0.1, 0.15) is 17.0 Å². The summed E-state index contributed by atoms with van der Waals surface area (Å²) in [7, 11) is 4.21. The molecule has 0 saturated carbocycles. The highest BCUT2D eigenvalue weighted by atomic mass is 15.1. The molecule has 0 unspecified atom stereocenters. The number of hydrogen-bond acceptors (Lipinski definition) is 2. The maximum Gasteiger partial charge on any atom is 0.0214 e. The fourth-order valence-corrected chi connectivity index (χ4v) is 2.35. The van der Waals surface area contributed by atoms with Crippen LogP contribution in [0, 0.1) is 0 Å². The first-order chi connectivity index (χ1) is 9.77. The van der Waals surface area contributed by atoms with E-state index in [1.165, 1.54) is 11.1 Å². The summed E-state index contributed by atoms with van der Waals surface area (Å²) < 4.78 is 0. The maximum absolute atomic E-state index is 3.57. The summed E-state index contributed by atoms with van der Waals surface area (Å²) in [6.07, 6.45) is 0. The third-order valence-corrected chi connectivity index (χ3v) is 3.49. The lowest BCUT2D eigenvalue weighted by molar-refractivity contribution is 0.399. The zero-order valence-electron chi connectivity index (χ0n) is 12.4. The minimum atomic E-state index is 0.416. The summed E-state index contributed by atoms with van der Waals surface area (Å²) in [4.78, 5) is 2.20. The van der Waals surface area contributed by atoms with Gasteiger partial charge in [0.1, 0.15) is 0 Å². The second-order valence-corrected chi connectivity index (χ2v) is 5.38. The molecule has 106 valence electrons. The average Bonchev–Trinajstić information content (AvgIpc) is 2.49. The molecule has 0 fully saturated rings. The zero-order chi connectivity index (χ0) is 14.2. The molecule has 0 atom stereocenters. The van der Waals surface area contributed by atoms with Gasteiger partial charge >= 0.3 is 0 Å². The minimum Gasteiger partial charge on any atom is -0.315 e. The normalized spacial score (nSPS) is 11.2. The van der Waals surface area contributed by atoms with Crippen LogP contribution in [-0.2, 0) is 0 Å². The first kappa shape index (κ1) is 14.8. The Morgan fingerprint density at radius 1 is 0.850 bits per heavy atom. The predicted octanol–water partition coefficient (Wildman–Crippen LogP) is 2.97. The van der Waals surface area contributed by atoms with Crippen LogP contribution >= 0.6 is 0 Å². The van der Waals surface area contributed by atoms with Gasteiger partial charge in [-0.2, -0.15) is 0 Å². The number of nitrogens with one attached hydrogen (secondary N) is 1. The lowest BCUT2D eigenvalue weighted by Gasteiger charge is -2.19. The van der Waals surface area contributed by atoms with Crippen molar-refractivity contribution in [3.05, 3.63) is 71.8 Å². The van der Waals surface area contributed by atoms with Gasteiger partial charge in [-0.15, -0.1) is 0 Å². The van der Waals surface area contributed by atoms with E-state index in [1.807, 2.05) is 0 Å². The third kappa shape index (κ3) is 4.48. The first-order valence-corrected chi connectivity index (χ1v) is 7.22. The molecule has 2 aromatic carbocycles. The van der Waals surface area contributed by atoms with Gasteiger partial charge in [0.15, 0.2) is 0 Å². The highest BCUT2D eigenvalue weighted by Crippen LogP contribution is 2.23. The van der Waals surface area contributed by atoms with Crippen LogP contribution in [0.25, 0.3) is 0 Å². The van der Waals surface area contributed by atoms with Crippen molar-refractivity contribution < 1.29 is 0 Å². The van der Waals surface area contributed by atoms with Crippen molar-refractivity contribution in [1.82, 2.24) is 10.2 Å². The monoisotopic (exact) mass is 268 g/mol. The molecule has 0 spiro atoms. The van der Waals surface area contributed by atoms with Crippen LogP contribution in [0.3, 0.4) is 0 Å². The van der Waals surface area contributed by atoms with E-state index in [1.54, 1.807) is 0 Å². The molecule has 2 rings (SSSR count). The summed E-state index contributed by atoms with van der Waals surface area (Å²) in [5.74, 6) is 0.416. The molecule has 2 heteroatoms. The molecule has 0 saturated heterocycles. The number of hydrogen-bond donors (Lipinski definition) is 1. The van der Waals surface area contributed by atoms with Gasteiger partial charge in [0.05, 0.1) is 0 Å². The molecule has 0 bridgehead atoms. The van der Waals surface area contributed by atoms with Crippen LogP contribution in [0.5, 0.6) is 0 Å². The van der Waals surface area contributed by atoms with Crippen LogP contribution in [0.2, 0.25) is 0 Å². The third-order valence-electron chi connectivity index (χ3n) is 3.49. The molecule has 0 aliphatic carbocycles. The Labute approximate surface area is 122 Å². The Morgan fingerprint density at radius 3 is 1.80 bits per heavy atom. The van der Waals surface area contributed by atoms with Crippen LogP contribution in [0.4, 0.5) is 0 Å². The van der Waals surface area contributed by atoms with Gasteiger partial charge in [-0.1, -0.05) is 60.7 Å². The topological polar surface area (TPSA) is 15.3 Å².